The molecule has 7 nitrogen and oxygen atoms in total. The number of nitrogens with zero attached hydrogens (tertiary/aromatic N) is 4. The minimum Gasteiger partial charge on any atom is -0.379 e. The van der Waals surface area contributed by atoms with E-state index in [1.807, 2.05) is 18.2 Å². The third-order valence-corrected chi connectivity index (χ3v) is 4.00. The molecule has 3 aromatic rings. The Labute approximate surface area is 121 Å². The van der Waals surface area contributed by atoms with Gasteiger partial charge in [0.05, 0.1) is 11.0 Å². The molecule has 21 heavy (non-hydrogen) atoms. The average molecular weight is 284 g/mol. The van der Waals surface area contributed by atoms with E-state index in [0.29, 0.717) is 11.7 Å². The van der Waals surface area contributed by atoms with Crippen molar-refractivity contribution in [3.8, 4) is 11.5 Å². The fourth-order valence-corrected chi connectivity index (χ4v) is 3.00. The number of aromatic nitrogens is 4. The Morgan fingerprint density at radius 3 is 2.76 bits per heavy atom. The summed E-state index contributed by atoms with van der Waals surface area (Å²) in [6.45, 7) is 2.01. The van der Waals surface area contributed by atoms with Crippen LogP contribution in [0.2, 0.25) is 0 Å². The third kappa shape index (κ3) is 1.97. The minimum atomic E-state index is 0.278. The molecular weight excluding hydrogens is 268 g/mol. The van der Waals surface area contributed by atoms with Crippen LogP contribution in [-0.4, -0.2) is 33.0 Å². The molecule has 0 saturated carbocycles. The summed E-state index contributed by atoms with van der Waals surface area (Å²) in [5, 5.41) is 11.0. The van der Waals surface area contributed by atoms with Gasteiger partial charge in [-0.2, -0.15) is 0 Å². The first-order valence-electron chi connectivity index (χ1n) is 7.10. The first-order valence-corrected chi connectivity index (χ1v) is 7.10. The van der Waals surface area contributed by atoms with E-state index >= 15 is 0 Å². The maximum absolute atomic E-state index is 5.86. The van der Waals surface area contributed by atoms with E-state index in [9.17, 15) is 0 Å². The number of benzene rings is 1. The SMILES string of the molecule is Nc1nonc1-c1nc2ccccc2n1C1CCNCC1. The van der Waals surface area contributed by atoms with Crippen LogP contribution in [0, 0.1) is 0 Å². The molecule has 0 radical (unpaired) electrons. The van der Waals surface area contributed by atoms with E-state index < -0.39 is 0 Å². The predicted octanol–water partition coefficient (Wildman–Crippen LogP) is 1.59. The number of rotatable bonds is 2. The molecule has 108 valence electrons. The van der Waals surface area contributed by atoms with Crippen molar-refractivity contribution in [1.29, 1.82) is 0 Å². The second-order valence-corrected chi connectivity index (χ2v) is 5.27. The first kappa shape index (κ1) is 12.3. The summed E-state index contributed by atoms with van der Waals surface area (Å²) < 4.78 is 6.98. The smallest absolute Gasteiger partial charge is 0.199 e. The Balaban J connectivity index is 1.94. The molecule has 1 aliphatic heterocycles. The van der Waals surface area contributed by atoms with E-state index in [0.717, 1.165) is 42.8 Å². The second-order valence-electron chi connectivity index (χ2n) is 5.27. The van der Waals surface area contributed by atoms with Gasteiger partial charge < -0.3 is 15.6 Å². The number of imidazole rings is 1. The highest BCUT2D eigenvalue weighted by molar-refractivity contribution is 5.81. The van der Waals surface area contributed by atoms with Gasteiger partial charge in [-0.15, -0.1) is 0 Å². The first-order chi connectivity index (χ1) is 10.3. The van der Waals surface area contributed by atoms with Crippen molar-refractivity contribution in [3.05, 3.63) is 24.3 Å². The molecule has 1 aromatic carbocycles. The van der Waals surface area contributed by atoms with E-state index in [2.05, 4.69) is 26.3 Å². The molecule has 0 aliphatic carbocycles. The number of hydrogen-bond acceptors (Lipinski definition) is 6. The maximum atomic E-state index is 5.86. The lowest BCUT2D eigenvalue weighted by Crippen LogP contribution is -2.29. The third-order valence-electron chi connectivity index (χ3n) is 4.00. The number of para-hydroxylation sites is 2. The Kier molecular flexibility index (Phi) is 2.85. The maximum Gasteiger partial charge on any atom is 0.199 e. The van der Waals surface area contributed by atoms with Crippen molar-refractivity contribution >= 4 is 16.9 Å². The quantitative estimate of drug-likeness (QED) is 0.742. The van der Waals surface area contributed by atoms with Gasteiger partial charge in [-0.25, -0.2) is 9.61 Å². The molecule has 1 fully saturated rings. The van der Waals surface area contributed by atoms with E-state index in [1.165, 1.54) is 0 Å². The van der Waals surface area contributed by atoms with Crippen LogP contribution >= 0.6 is 0 Å². The monoisotopic (exact) mass is 284 g/mol. The van der Waals surface area contributed by atoms with Gasteiger partial charge in [0, 0.05) is 6.04 Å². The van der Waals surface area contributed by atoms with Crippen LogP contribution in [-0.2, 0) is 0 Å². The van der Waals surface area contributed by atoms with E-state index in [1.54, 1.807) is 0 Å². The van der Waals surface area contributed by atoms with Gasteiger partial charge in [-0.1, -0.05) is 12.1 Å². The zero-order valence-electron chi connectivity index (χ0n) is 11.5. The number of nitrogens with two attached hydrogens (primary N) is 1. The fourth-order valence-electron chi connectivity index (χ4n) is 3.00. The lowest BCUT2D eigenvalue weighted by molar-refractivity contribution is 0.309. The predicted molar refractivity (Wildman–Crippen MR) is 78.6 cm³/mol. The Morgan fingerprint density at radius 1 is 1.19 bits per heavy atom. The van der Waals surface area contributed by atoms with Crippen molar-refractivity contribution in [2.45, 2.75) is 18.9 Å². The molecule has 0 bridgehead atoms. The number of fused-ring (bicyclic) bond motifs is 1. The standard InChI is InChI=1S/C14H16N6O/c15-13-12(18-21-19-13)14-17-10-3-1-2-4-11(10)20(14)9-5-7-16-8-6-9/h1-4,9,16H,5-8H2,(H2,15,19). The molecule has 7 heteroatoms. The molecule has 0 atom stereocenters. The van der Waals surface area contributed by atoms with Crippen LogP contribution in [0.25, 0.3) is 22.6 Å². The fraction of sp³-hybridized carbons (Fsp3) is 0.357. The molecule has 1 saturated heterocycles. The van der Waals surface area contributed by atoms with Crippen LogP contribution < -0.4 is 11.1 Å². The van der Waals surface area contributed by atoms with E-state index in [-0.39, 0.29) is 5.82 Å². The summed E-state index contributed by atoms with van der Waals surface area (Å²) in [5.74, 6) is 1.02. The molecule has 0 spiro atoms. The van der Waals surface area contributed by atoms with E-state index in [4.69, 9.17) is 15.3 Å². The zero-order valence-corrected chi connectivity index (χ0v) is 11.5. The highest BCUT2D eigenvalue weighted by atomic mass is 16.6. The van der Waals surface area contributed by atoms with Crippen LogP contribution in [0.3, 0.4) is 0 Å². The summed E-state index contributed by atoms with van der Waals surface area (Å²) >= 11 is 0. The summed E-state index contributed by atoms with van der Waals surface area (Å²) in [7, 11) is 0. The normalized spacial score (nSPS) is 16.6. The molecule has 0 unspecified atom stereocenters. The van der Waals surface area contributed by atoms with Crippen LogP contribution in [0.15, 0.2) is 28.9 Å². The Bertz CT molecular complexity index is 771. The van der Waals surface area contributed by atoms with Gasteiger partial charge in [-0.3, -0.25) is 0 Å². The molecule has 4 rings (SSSR count). The minimum absolute atomic E-state index is 0.278. The summed E-state index contributed by atoms with van der Waals surface area (Å²) in [6, 6.07) is 8.47. The topological polar surface area (TPSA) is 94.8 Å². The van der Waals surface area contributed by atoms with Crippen molar-refractivity contribution in [2.24, 2.45) is 0 Å². The lowest BCUT2D eigenvalue weighted by Gasteiger charge is -2.25. The number of anilines is 1. The van der Waals surface area contributed by atoms with Gasteiger partial charge in [0.15, 0.2) is 17.3 Å². The second kappa shape index (κ2) is 4.85. The molecule has 3 N–H and O–H groups in total. The molecule has 3 heterocycles. The lowest BCUT2D eigenvalue weighted by atomic mass is 10.1. The van der Waals surface area contributed by atoms with Crippen molar-refractivity contribution in [3.63, 3.8) is 0 Å². The van der Waals surface area contributed by atoms with Gasteiger partial charge in [0.1, 0.15) is 0 Å². The molecule has 2 aromatic heterocycles. The Morgan fingerprint density at radius 2 is 2.00 bits per heavy atom. The number of hydrogen-bond donors (Lipinski definition) is 2. The average Bonchev–Trinajstić information content (AvgIpc) is 3.11. The van der Waals surface area contributed by atoms with Gasteiger partial charge in [-0.05, 0) is 48.4 Å². The van der Waals surface area contributed by atoms with Crippen molar-refractivity contribution < 1.29 is 4.63 Å². The number of nitrogen functional groups attached to an aromatic ring is 1. The van der Waals surface area contributed by atoms with Crippen LogP contribution in [0.1, 0.15) is 18.9 Å². The number of nitrogens with one attached hydrogen (secondary N) is 1. The van der Waals surface area contributed by atoms with Gasteiger partial charge in [0.2, 0.25) is 0 Å². The summed E-state index contributed by atoms with van der Waals surface area (Å²) in [6.07, 6.45) is 2.11. The molecule has 0 amide bonds. The largest absolute Gasteiger partial charge is 0.379 e. The highest BCUT2D eigenvalue weighted by Gasteiger charge is 2.25. The van der Waals surface area contributed by atoms with Crippen LogP contribution in [0.5, 0.6) is 0 Å². The van der Waals surface area contributed by atoms with Crippen molar-refractivity contribution in [1.82, 2.24) is 25.2 Å². The van der Waals surface area contributed by atoms with Gasteiger partial charge in [0.25, 0.3) is 0 Å². The summed E-state index contributed by atoms with van der Waals surface area (Å²) in [4.78, 5) is 4.69. The Hall–Kier alpha value is -2.41. The molecule has 1 aliphatic rings. The summed E-state index contributed by atoms with van der Waals surface area (Å²) in [5.41, 5.74) is 8.42. The highest BCUT2D eigenvalue weighted by Crippen LogP contribution is 2.32. The van der Waals surface area contributed by atoms with Gasteiger partial charge >= 0.3 is 0 Å². The number of piperidine rings is 1. The zero-order chi connectivity index (χ0) is 14.2. The van der Waals surface area contributed by atoms with Crippen molar-refractivity contribution in [2.75, 3.05) is 18.8 Å². The van der Waals surface area contributed by atoms with Crippen LogP contribution in [0.4, 0.5) is 5.82 Å². The molecular formula is C14H16N6O.